The van der Waals surface area contributed by atoms with Gasteiger partial charge < -0.3 is 10.3 Å². The highest BCUT2D eigenvalue weighted by Crippen LogP contribution is 2.25. The minimum absolute atomic E-state index is 0.119. The first-order valence-electron chi connectivity index (χ1n) is 9.79. The molecule has 4 heteroatoms. The number of carbonyl (C=O) groups is 1. The Balaban J connectivity index is 1.54. The van der Waals surface area contributed by atoms with Crippen LogP contribution in [0.2, 0.25) is 0 Å². The number of rotatable bonds is 3. The summed E-state index contributed by atoms with van der Waals surface area (Å²) in [4.78, 5) is 28.1. The third-order valence-corrected chi connectivity index (χ3v) is 5.80. The lowest BCUT2D eigenvalue weighted by Gasteiger charge is -2.16. The summed E-state index contributed by atoms with van der Waals surface area (Å²) in [6.45, 7) is 1.98. The number of hydrogen-bond donors (Lipinski definition) is 2. The van der Waals surface area contributed by atoms with E-state index in [2.05, 4.69) is 28.5 Å². The number of benzene rings is 1. The van der Waals surface area contributed by atoms with Crippen molar-refractivity contribution in [1.82, 2.24) is 10.3 Å². The standard InChI is InChI=1S/C22H26N2O2/c1-14(16-11-10-15-7-5-8-17(15)12-16)23-21(25)19-13-18-6-3-2-4-9-20(18)24-22(19)26/h10-14H,2-9H2,1H3,(H,23,25)(H,24,26). The summed E-state index contributed by atoms with van der Waals surface area (Å²) in [5, 5.41) is 3.01. The molecule has 0 aliphatic heterocycles. The number of aromatic nitrogens is 1. The molecule has 1 aromatic heterocycles. The lowest BCUT2D eigenvalue weighted by atomic mass is 10.0. The quantitative estimate of drug-likeness (QED) is 0.831. The number of aryl methyl sites for hydroxylation is 4. The number of aromatic amines is 1. The summed E-state index contributed by atoms with van der Waals surface area (Å²) >= 11 is 0. The Morgan fingerprint density at radius 2 is 1.73 bits per heavy atom. The van der Waals surface area contributed by atoms with E-state index in [1.807, 2.05) is 13.0 Å². The maximum atomic E-state index is 12.7. The topological polar surface area (TPSA) is 62.0 Å². The van der Waals surface area contributed by atoms with Crippen molar-refractivity contribution in [3.05, 3.63) is 68.1 Å². The van der Waals surface area contributed by atoms with E-state index in [-0.39, 0.29) is 23.1 Å². The van der Waals surface area contributed by atoms with Gasteiger partial charge in [0, 0.05) is 5.69 Å². The highest BCUT2D eigenvalue weighted by molar-refractivity contribution is 5.94. The fourth-order valence-corrected chi connectivity index (χ4v) is 4.24. The van der Waals surface area contributed by atoms with E-state index in [0.717, 1.165) is 55.3 Å². The Morgan fingerprint density at radius 3 is 2.62 bits per heavy atom. The Labute approximate surface area is 154 Å². The van der Waals surface area contributed by atoms with Crippen LogP contribution >= 0.6 is 0 Å². The van der Waals surface area contributed by atoms with Gasteiger partial charge in [0.15, 0.2) is 0 Å². The minimum atomic E-state index is -0.286. The Kier molecular flexibility index (Phi) is 4.66. The van der Waals surface area contributed by atoms with Crippen molar-refractivity contribution in [2.45, 2.75) is 64.3 Å². The first-order chi connectivity index (χ1) is 12.6. The number of hydrogen-bond acceptors (Lipinski definition) is 2. The average molecular weight is 350 g/mol. The van der Waals surface area contributed by atoms with Crippen molar-refractivity contribution in [2.75, 3.05) is 0 Å². The van der Waals surface area contributed by atoms with Crippen LogP contribution in [0.25, 0.3) is 0 Å². The van der Waals surface area contributed by atoms with Gasteiger partial charge in [-0.1, -0.05) is 24.6 Å². The summed E-state index contributed by atoms with van der Waals surface area (Å²) < 4.78 is 0. The molecule has 2 N–H and O–H groups in total. The van der Waals surface area contributed by atoms with Gasteiger partial charge in [-0.3, -0.25) is 9.59 Å². The van der Waals surface area contributed by atoms with Gasteiger partial charge in [0.05, 0.1) is 6.04 Å². The first kappa shape index (κ1) is 17.1. The second-order valence-corrected chi connectivity index (χ2v) is 7.65. The molecule has 0 saturated heterocycles. The van der Waals surface area contributed by atoms with Crippen molar-refractivity contribution in [2.24, 2.45) is 0 Å². The molecule has 0 radical (unpaired) electrons. The van der Waals surface area contributed by atoms with Gasteiger partial charge in [-0.05, 0) is 80.2 Å². The van der Waals surface area contributed by atoms with Gasteiger partial charge in [-0.2, -0.15) is 0 Å². The predicted molar refractivity (Wildman–Crippen MR) is 103 cm³/mol. The molecular weight excluding hydrogens is 324 g/mol. The molecule has 26 heavy (non-hydrogen) atoms. The number of nitrogens with one attached hydrogen (secondary N) is 2. The van der Waals surface area contributed by atoms with Gasteiger partial charge in [-0.15, -0.1) is 0 Å². The molecule has 1 heterocycles. The average Bonchev–Trinajstić information content (AvgIpc) is 2.98. The van der Waals surface area contributed by atoms with Crippen molar-refractivity contribution in [3.8, 4) is 0 Å². The molecule has 0 fully saturated rings. The van der Waals surface area contributed by atoms with Crippen LogP contribution < -0.4 is 10.9 Å². The highest BCUT2D eigenvalue weighted by Gasteiger charge is 2.19. The molecule has 0 spiro atoms. The van der Waals surface area contributed by atoms with Gasteiger partial charge in [-0.25, -0.2) is 0 Å². The molecule has 136 valence electrons. The van der Waals surface area contributed by atoms with Crippen molar-refractivity contribution >= 4 is 5.91 Å². The molecule has 2 aliphatic rings. The van der Waals surface area contributed by atoms with Crippen LogP contribution in [0.1, 0.15) is 77.0 Å². The number of carbonyl (C=O) groups excluding carboxylic acids is 1. The molecule has 1 amide bonds. The van der Waals surface area contributed by atoms with Crippen LogP contribution in [0, 0.1) is 0 Å². The largest absolute Gasteiger partial charge is 0.345 e. The normalized spacial score (nSPS) is 17.1. The first-order valence-corrected chi connectivity index (χ1v) is 9.79. The smallest absolute Gasteiger partial charge is 0.261 e. The molecule has 4 nitrogen and oxygen atoms in total. The van der Waals surface area contributed by atoms with E-state index in [0.29, 0.717) is 0 Å². The third kappa shape index (κ3) is 3.33. The summed E-state index contributed by atoms with van der Waals surface area (Å²) in [7, 11) is 0. The number of fused-ring (bicyclic) bond motifs is 2. The van der Waals surface area contributed by atoms with Gasteiger partial charge in [0.25, 0.3) is 11.5 Å². The zero-order valence-corrected chi connectivity index (χ0v) is 15.4. The lowest BCUT2D eigenvalue weighted by Crippen LogP contribution is -2.32. The Bertz CT molecular complexity index is 898. The van der Waals surface area contributed by atoms with E-state index in [4.69, 9.17) is 0 Å². The van der Waals surface area contributed by atoms with Crippen LogP contribution in [0.15, 0.2) is 29.1 Å². The van der Waals surface area contributed by atoms with Crippen LogP contribution in [-0.4, -0.2) is 10.9 Å². The molecule has 1 unspecified atom stereocenters. The fraction of sp³-hybridized carbons (Fsp3) is 0.455. The van der Waals surface area contributed by atoms with Crippen LogP contribution in [0.4, 0.5) is 0 Å². The van der Waals surface area contributed by atoms with E-state index in [9.17, 15) is 9.59 Å². The van der Waals surface area contributed by atoms with Crippen molar-refractivity contribution in [3.63, 3.8) is 0 Å². The van der Waals surface area contributed by atoms with Gasteiger partial charge in [0.1, 0.15) is 5.56 Å². The molecule has 2 aromatic rings. The van der Waals surface area contributed by atoms with Gasteiger partial charge >= 0.3 is 0 Å². The van der Waals surface area contributed by atoms with Crippen LogP contribution in [-0.2, 0) is 25.7 Å². The predicted octanol–water partition coefficient (Wildman–Crippen LogP) is 3.62. The maximum absolute atomic E-state index is 12.7. The van der Waals surface area contributed by atoms with Crippen LogP contribution in [0.5, 0.6) is 0 Å². The number of amides is 1. The zero-order valence-electron chi connectivity index (χ0n) is 15.4. The highest BCUT2D eigenvalue weighted by atomic mass is 16.2. The molecule has 1 atom stereocenters. The molecule has 0 saturated carbocycles. The zero-order chi connectivity index (χ0) is 18.1. The van der Waals surface area contributed by atoms with Gasteiger partial charge in [0.2, 0.25) is 0 Å². The Hall–Kier alpha value is -2.36. The van der Waals surface area contributed by atoms with Crippen LogP contribution in [0.3, 0.4) is 0 Å². The fourth-order valence-electron chi connectivity index (χ4n) is 4.24. The number of pyridine rings is 1. The van der Waals surface area contributed by atoms with Crippen molar-refractivity contribution < 1.29 is 4.79 Å². The van der Waals surface area contributed by atoms with E-state index < -0.39 is 0 Å². The number of H-pyrrole nitrogens is 1. The van der Waals surface area contributed by atoms with E-state index in [1.165, 1.54) is 24.0 Å². The second kappa shape index (κ2) is 7.10. The van der Waals surface area contributed by atoms with E-state index in [1.54, 1.807) is 0 Å². The molecule has 0 bridgehead atoms. The molecule has 2 aliphatic carbocycles. The minimum Gasteiger partial charge on any atom is -0.345 e. The summed E-state index contributed by atoms with van der Waals surface area (Å²) in [6, 6.07) is 8.16. The molecular formula is C22H26N2O2. The second-order valence-electron chi connectivity index (χ2n) is 7.65. The Morgan fingerprint density at radius 1 is 0.962 bits per heavy atom. The summed E-state index contributed by atoms with van der Waals surface area (Å²) in [6.07, 6.45) is 8.72. The third-order valence-electron chi connectivity index (χ3n) is 5.80. The molecule has 4 rings (SSSR count). The van der Waals surface area contributed by atoms with Crippen molar-refractivity contribution in [1.29, 1.82) is 0 Å². The lowest BCUT2D eigenvalue weighted by molar-refractivity contribution is 0.0938. The summed E-state index contributed by atoms with van der Waals surface area (Å²) in [5.41, 5.74) is 6.02. The maximum Gasteiger partial charge on any atom is 0.261 e. The monoisotopic (exact) mass is 350 g/mol. The van der Waals surface area contributed by atoms with E-state index >= 15 is 0 Å². The molecule has 1 aromatic carbocycles. The SMILES string of the molecule is CC(NC(=O)c1cc2c([nH]c1=O)CCCCC2)c1ccc2c(c1)CCC2. The summed E-state index contributed by atoms with van der Waals surface area (Å²) in [5.74, 6) is -0.286.